The van der Waals surface area contributed by atoms with Crippen LogP contribution < -0.4 is 15.8 Å². The number of fused-ring (bicyclic) bond motifs is 1. The molecule has 238 valence electrons. The predicted octanol–water partition coefficient (Wildman–Crippen LogP) is 5.18. The maximum absolute atomic E-state index is 15.5. The predicted molar refractivity (Wildman–Crippen MR) is 144 cm³/mol. The lowest BCUT2D eigenvalue weighted by Gasteiger charge is -2.30. The van der Waals surface area contributed by atoms with E-state index in [1.54, 1.807) is 0 Å². The zero-order valence-electron chi connectivity index (χ0n) is 22.9. The van der Waals surface area contributed by atoms with Gasteiger partial charge in [-0.1, -0.05) is 11.6 Å². The minimum absolute atomic E-state index is 0.0299. The molecule has 4 aromatic rings. The molecular formula is C28H21ClF7N5O4. The average Bonchev–Trinajstić information content (AvgIpc) is 3.77. The fourth-order valence-electron chi connectivity index (χ4n) is 4.83. The number of rotatable bonds is 10. The first-order valence-electron chi connectivity index (χ1n) is 13.0. The first-order chi connectivity index (χ1) is 21.1. The Morgan fingerprint density at radius 2 is 1.87 bits per heavy atom. The molecule has 45 heavy (non-hydrogen) atoms. The van der Waals surface area contributed by atoms with Gasteiger partial charge in [0, 0.05) is 22.7 Å². The van der Waals surface area contributed by atoms with Gasteiger partial charge in [0.05, 0.1) is 24.9 Å². The number of amides is 2. The molecule has 1 atom stereocenters. The van der Waals surface area contributed by atoms with E-state index in [0.29, 0.717) is 35.7 Å². The summed E-state index contributed by atoms with van der Waals surface area (Å²) in [5.41, 5.74) is -1.93. The van der Waals surface area contributed by atoms with Crippen LogP contribution in [0, 0.1) is 23.4 Å². The summed E-state index contributed by atoms with van der Waals surface area (Å²) >= 11 is 5.60. The van der Waals surface area contributed by atoms with Crippen LogP contribution in [0.5, 0.6) is 5.75 Å². The lowest BCUT2D eigenvalue weighted by molar-refractivity contribution is -0.143. The highest BCUT2D eigenvalue weighted by Gasteiger charge is 2.50. The van der Waals surface area contributed by atoms with Gasteiger partial charge in [0.15, 0.2) is 11.6 Å². The number of halogens is 8. The number of hydrogen-bond donors (Lipinski definition) is 3. The third kappa shape index (κ3) is 5.63. The van der Waals surface area contributed by atoms with Gasteiger partial charge in [-0.2, -0.15) is 22.7 Å². The number of ether oxygens (including phenoxy) is 1. The highest BCUT2D eigenvalue weighted by molar-refractivity contribution is 6.31. The van der Waals surface area contributed by atoms with Crippen molar-refractivity contribution in [2.75, 3.05) is 13.7 Å². The minimum Gasteiger partial charge on any atom is -0.494 e. The molecule has 0 aliphatic heterocycles. The summed E-state index contributed by atoms with van der Waals surface area (Å²) in [6.45, 7) is -3.70. The molecule has 0 unspecified atom stereocenters. The molecule has 0 spiro atoms. The summed E-state index contributed by atoms with van der Waals surface area (Å²) in [5, 5.41) is 16.9. The van der Waals surface area contributed by atoms with E-state index in [2.05, 4.69) is 15.4 Å². The van der Waals surface area contributed by atoms with Crippen LogP contribution in [0.15, 0.2) is 36.5 Å². The zero-order valence-corrected chi connectivity index (χ0v) is 23.6. The van der Waals surface area contributed by atoms with Crippen molar-refractivity contribution in [3.8, 4) is 17.0 Å². The Hall–Kier alpha value is -4.44. The molecule has 0 bridgehead atoms. The molecule has 4 N–H and O–H groups in total. The van der Waals surface area contributed by atoms with Crippen LogP contribution in [0.3, 0.4) is 0 Å². The highest BCUT2D eigenvalue weighted by Crippen LogP contribution is 2.47. The standard InChI is InChI=1S/C28H21ClF7N5O4/c1-45-17-7-11(6-12-9-41(26(33)34)40-22(12)17)24(42)38-10-27(44,13-2-3-13)18-8-15(28(35,36)25(37)43)21(32)23(39-18)14-4-5-16(30)19(29)20(14)31/h4-9,13,26,44H,2-3,10H2,1H3,(H2,37,43)(H,38,42)/t27-/m1/s1. The summed E-state index contributed by atoms with van der Waals surface area (Å²) in [6, 6.07) is 4.10. The molecule has 1 fully saturated rings. The number of nitrogens with one attached hydrogen (secondary N) is 1. The van der Waals surface area contributed by atoms with Gasteiger partial charge in [-0.15, -0.1) is 0 Å². The van der Waals surface area contributed by atoms with E-state index in [4.69, 9.17) is 22.1 Å². The highest BCUT2D eigenvalue weighted by atomic mass is 35.5. The van der Waals surface area contributed by atoms with Crippen molar-refractivity contribution in [3.05, 3.63) is 75.8 Å². The summed E-state index contributed by atoms with van der Waals surface area (Å²) in [5.74, 6) is -13.3. The van der Waals surface area contributed by atoms with E-state index < -0.39 is 87.3 Å². The maximum Gasteiger partial charge on any atom is 0.352 e. The van der Waals surface area contributed by atoms with Crippen molar-refractivity contribution in [2.24, 2.45) is 11.7 Å². The number of pyridine rings is 1. The molecule has 9 nitrogen and oxygen atoms in total. The monoisotopic (exact) mass is 659 g/mol. The fourth-order valence-corrected chi connectivity index (χ4v) is 4.99. The van der Waals surface area contributed by atoms with Crippen LogP contribution in [-0.2, 0) is 16.3 Å². The number of primary amides is 1. The molecular weight excluding hydrogens is 639 g/mol. The van der Waals surface area contributed by atoms with Crippen molar-refractivity contribution in [1.82, 2.24) is 20.1 Å². The van der Waals surface area contributed by atoms with Crippen molar-refractivity contribution in [1.29, 1.82) is 0 Å². The number of benzene rings is 2. The van der Waals surface area contributed by atoms with E-state index in [-0.39, 0.29) is 22.2 Å². The normalized spacial score (nSPS) is 14.9. The largest absolute Gasteiger partial charge is 0.494 e. The fraction of sp³-hybridized carbons (Fsp3) is 0.286. The number of nitrogens with two attached hydrogens (primary N) is 1. The van der Waals surface area contributed by atoms with E-state index >= 15 is 4.39 Å². The van der Waals surface area contributed by atoms with Gasteiger partial charge in [0.25, 0.3) is 11.8 Å². The Kier molecular flexibility index (Phi) is 8.16. The third-order valence-corrected chi connectivity index (χ3v) is 7.73. The second-order valence-corrected chi connectivity index (χ2v) is 10.6. The van der Waals surface area contributed by atoms with E-state index in [1.165, 1.54) is 19.2 Å². The Morgan fingerprint density at radius 3 is 2.47 bits per heavy atom. The van der Waals surface area contributed by atoms with Gasteiger partial charge in [-0.25, -0.2) is 22.8 Å². The summed E-state index contributed by atoms with van der Waals surface area (Å²) < 4.78 is 106. The lowest BCUT2D eigenvalue weighted by atomic mass is 9.89. The number of nitrogens with zero attached hydrogens (tertiary/aromatic N) is 3. The number of methoxy groups -OCH3 is 1. The smallest absolute Gasteiger partial charge is 0.352 e. The molecule has 2 aromatic carbocycles. The van der Waals surface area contributed by atoms with E-state index in [0.717, 1.165) is 6.20 Å². The van der Waals surface area contributed by atoms with Crippen LogP contribution in [0.25, 0.3) is 22.2 Å². The quantitative estimate of drug-likeness (QED) is 0.159. The molecule has 2 amide bonds. The number of alkyl halides is 4. The van der Waals surface area contributed by atoms with Gasteiger partial charge in [-0.05, 0) is 49.1 Å². The molecule has 5 rings (SSSR count). The number of aliphatic hydroxyl groups is 1. The summed E-state index contributed by atoms with van der Waals surface area (Å²) in [4.78, 5) is 28.7. The summed E-state index contributed by atoms with van der Waals surface area (Å²) in [7, 11) is 1.22. The van der Waals surface area contributed by atoms with E-state index in [1.807, 2.05) is 0 Å². The summed E-state index contributed by atoms with van der Waals surface area (Å²) in [6.07, 6.45) is 1.57. The van der Waals surface area contributed by atoms with Crippen LogP contribution >= 0.6 is 11.6 Å². The SMILES string of the molecule is COc1cc(C(=O)NC[C@](O)(c2cc(C(F)(F)C(N)=O)c(F)c(-c3ccc(F)c(Cl)c3F)n2)C2CC2)cc2cn(C(F)F)nc12. The second kappa shape index (κ2) is 11.5. The van der Waals surface area contributed by atoms with Crippen LogP contribution in [-0.4, -0.2) is 45.3 Å². The third-order valence-electron chi connectivity index (χ3n) is 7.38. The average molecular weight is 660 g/mol. The number of hydrogen-bond acceptors (Lipinski definition) is 6. The molecule has 1 saturated carbocycles. The molecule has 1 aliphatic carbocycles. The first-order valence-corrected chi connectivity index (χ1v) is 13.4. The Bertz CT molecular complexity index is 1850. The van der Waals surface area contributed by atoms with Gasteiger partial charge in [0.2, 0.25) is 0 Å². The number of aromatic nitrogens is 3. The number of carbonyl (C=O) groups is 2. The van der Waals surface area contributed by atoms with E-state index in [9.17, 15) is 41.0 Å². The maximum atomic E-state index is 15.5. The van der Waals surface area contributed by atoms with Crippen molar-refractivity contribution < 1.29 is 50.2 Å². The topological polar surface area (TPSA) is 132 Å². The molecule has 1 aliphatic rings. The Labute approximate surface area is 253 Å². The minimum atomic E-state index is -4.68. The molecule has 2 heterocycles. The zero-order chi connectivity index (χ0) is 33.0. The van der Waals surface area contributed by atoms with Crippen LogP contribution in [0.4, 0.5) is 30.7 Å². The van der Waals surface area contributed by atoms with Gasteiger partial charge in [0.1, 0.15) is 33.4 Å². The second-order valence-electron chi connectivity index (χ2n) is 10.3. The lowest BCUT2D eigenvalue weighted by Crippen LogP contribution is -2.44. The molecule has 2 aromatic heterocycles. The van der Waals surface area contributed by atoms with Gasteiger partial charge in [-0.3, -0.25) is 9.59 Å². The molecule has 0 radical (unpaired) electrons. The molecule has 17 heteroatoms. The molecule has 0 saturated heterocycles. The van der Waals surface area contributed by atoms with Gasteiger partial charge >= 0.3 is 12.5 Å². The Morgan fingerprint density at radius 1 is 1.18 bits per heavy atom. The van der Waals surface area contributed by atoms with Gasteiger partial charge < -0.3 is 20.9 Å². The van der Waals surface area contributed by atoms with Crippen molar-refractivity contribution in [3.63, 3.8) is 0 Å². The van der Waals surface area contributed by atoms with Crippen molar-refractivity contribution >= 4 is 34.3 Å². The van der Waals surface area contributed by atoms with Crippen molar-refractivity contribution in [2.45, 2.75) is 30.9 Å². The van der Waals surface area contributed by atoms with Crippen LogP contribution in [0.2, 0.25) is 5.02 Å². The van der Waals surface area contributed by atoms with Crippen LogP contribution in [0.1, 0.15) is 41.0 Å². The first kappa shape index (κ1) is 32.0. The number of carbonyl (C=O) groups excluding carboxylic acids is 2. The Balaban J connectivity index is 1.58.